The second-order valence-corrected chi connectivity index (χ2v) is 7.67. The normalized spacial score (nSPS) is 16.3. The molecule has 0 N–H and O–H groups in total. The molecule has 0 spiro atoms. The smallest absolute Gasteiger partial charge is 0.282 e. The van der Waals surface area contributed by atoms with E-state index in [0.29, 0.717) is 19.8 Å². The van der Waals surface area contributed by atoms with Gasteiger partial charge in [0.05, 0.1) is 22.1 Å². The fourth-order valence-corrected chi connectivity index (χ4v) is 4.33. The highest BCUT2D eigenvalue weighted by Gasteiger charge is 2.30. The third-order valence-corrected chi connectivity index (χ3v) is 6.09. The lowest BCUT2D eigenvalue weighted by Crippen LogP contribution is -2.49. The number of aromatic nitrogens is 2. The van der Waals surface area contributed by atoms with E-state index in [9.17, 15) is 18.5 Å². The van der Waals surface area contributed by atoms with Gasteiger partial charge in [0.25, 0.3) is 0 Å². The molecule has 136 valence electrons. The van der Waals surface area contributed by atoms with Gasteiger partial charge in [0, 0.05) is 26.2 Å². The summed E-state index contributed by atoms with van der Waals surface area (Å²) < 4.78 is 28.4. The van der Waals surface area contributed by atoms with Gasteiger partial charge in [-0.2, -0.15) is 14.7 Å². The van der Waals surface area contributed by atoms with Crippen LogP contribution in [-0.2, 0) is 16.7 Å². The lowest BCUT2D eigenvalue weighted by molar-refractivity contribution is -0.385. The number of hydrogen-bond acceptors (Lipinski definition) is 7. The molecule has 0 radical (unpaired) electrons. The molecule has 1 fully saturated rings. The van der Waals surface area contributed by atoms with Crippen molar-refractivity contribution < 1.29 is 13.3 Å². The Bertz CT molecular complexity index is 957. The molecular formula is C15H16N6O4S. The summed E-state index contributed by atoms with van der Waals surface area (Å²) >= 11 is 0. The predicted molar refractivity (Wildman–Crippen MR) is 90.4 cm³/mol. The first kappa shape index (κ1) is 18.0. The van der Waals surface area contributed by atoms with E-state index in [0.717, 1.165) is 0 Å². The van der Waals surface area contributed by atoms with Crippen molar-refractivity contribution in [3.05, 3.63) is 52.3 Å². The van der Waals surface area contributed by atoms with Crippen LogP contribution in [0.3, 0.4) is 0 Å². The van der Waals surface area contributed by atoms with Gasteiger partial charge in [-0.05, 0) is 12.1 Å². The van der Waals surface area contributed by atoms with Gasteiger partial charge < -0.3 is 0 Å². The van der Waals surface area contributed by atoms with Crippen LogP contribution < -0.4 is 0 Å². The monoisotopic (exact) mass is 376 g/mol. The number of benzene rings is 1. The predicted octanol–water partition coefficient (Wildman–Crippen LogP) is 0.627. The number of nitrogens with zero attached hydrogens (tertiary/aromatic N) is 6. The number of nitro groups is 1. The molecule has 0 bridgehead atoms. The number of hydrogen-bond donors (Lipinski definition) is 0. The van der Waals surface area contributed by atoms with Crippen molar-refractivity contribution in [2.24, 2.45) is 0 Å². The van der Waals surface area contributed by atoms with E-state index < -0.39 is 14.9 Å². The Hall–Kier alpha value is -2.81. The molecule has 1 aromatic carbocycles. The van der Waals surface area contributed by atoms with Gasteiger partial charge in [-0.25, -0.2) is 8.42 Å². The highest BCUT2D eigenvalue weighted by atomic mass is 32.2. The van der Waals surface area contributed by atoms with Crippen LogP contribution >= 0.6 is 0 Å². The minimum Gasteiger partial charge on any atom is -0.282 e. The minimum atomic E-state index is -3.74. The van der Waals surface area contributed by atoms with Crippen molar-refractivity contribution in [2.45, 2.75) is 11.6 Å². The van der Waals surface area contributed by atoms with Gasteiger partial charge in [0.2, 0.25) is 10.0 Å². The summed E-state index contributed by atoms with van der Waals surface area (Å²) in [6.07, 6.45) is 2.52. The molecule has 2 aromatic rings. The summed E-state index contributed by atoms with van der Waals surface area (Å²) in [5.74, 6) is 0. The van der Waals surface area contributed by atoms with Gasteiger partial charge >= 0.3 is 5.69 Å². The van der Waals surface area contributed by atoms with Crippen LogP contribution in [0.5, 0.6) is 0 Å². The fourth-order valence-electron chi connectivity index (χ4n) is 2.76. The molecule has 1 saturated heterocycles. The summed E-state index contributed by atoms with van der Waals surface area (Å²) in [4.78, 5) is 12.1. The standard InChI is InChI=1S/C15H16N6O4S/c16-9-13-3-1-2-4-15(13)26(24,25)20-7-5-18(6-8-20)12-19-11-14(10-17-19)21(22)23/h1-4,10-11H,5-8,12H2. The second kappa shape index (κ2) is 7.20. The Balaban J connectivity index is 1.66. The van der Waals surface area contributed by atoms with Crippen LogP contribution in [0.4, 0.5) is 5.69 Å². The highest BCUT2D eigenvalue weighted by Crippen LogP contribution is 2.21. The van der Waals surface area contributed by atoms with E-state index in [1.807, 2.05) is 11.0 Å². The second-order valence-electron chi connectivity index (χ2n) is 5.77. The molecule has 1 aromatic heterocycles. The Morgan fingerprint density at radius 3 is 2.54 bits per heavy atom. The first-order chi connectivity index (χ1) is 12.4. The zero-order valence-corrected chi connectivity index (χ0v) is 14.5. The van der Waals surface area contributed by atoms with E-state index >= 15 is 0 Å². The van der Waals surface area contributed by atoms with Crippen molar-refractivity contribution in [1.29, 1.82) is 5.26 Å². The molecule has 11 heteroatoms. The third kappa shape index (κ3) is 3.57. The van der Waals surface area contributed by atoms with Gasteiger partial charge in [-0.3, -0.25) is 19.7 Å². The van der Waals surface area contributed by atoms with E-state index in [4.69, 9.17) is 5.26 Å². The van der Waals surface area contributed by atoms with E-state index in [-0.39, 0.29) is 29.2 Å². The van der Waals surface area contributed by atoms with Crippen molar-refractivity contribution >= 4 is 15.7 Å². The Labute approximate surface area is 150 Å². The van der Waals surface area contributed by atoms with E-state index in [1.54, 1.807) is 12.1 Å². The van der Waals surface area contributed by atoms with Crippen LogP contribution in [0.25, 0.3) is 0 Å². The number of rotatable bonds is 5. The SMILES string of the molecule is N#Cc1ccccc1S(=O)(=O)N1CCN(Cn2cc([N+](=O)[O-])cn2)CC1. The van der Waals surface area contributed by atoms with Crippen LogP contribution in [0.2, 0.25) is 0 Å². The Morgan fingerprint density at radius 1 is 1.23 bits per heavy atom. The maximum atomic E-state index is 12.8. The molecule has 1 aliphatic rings. The number of piperazine rings is 1. The highest BCUT2D eigenvalue weighted by molar-refractivity contribution is 7.89. The van der Waals surface area contributed by atoms with Crippen molar-refractivity contribution in [1.82, 2.24) is 19.0 Å². The minimum absolute atomic E-state index is 0.0126. The Morgan fingerprint density at radius 2 is 1.92 bits per heavy atom. The lowest BCUT2D eigenvalue weighted by Gasteiger charge is -2.33. The Kier molecular flexibility index (Phi) is 4.99. The van der Waals surface area contributed by atoms with Crippen molar-refractivity contribution in [3.63, 3.8) is 0 Å². The lowest BCUT2D eigenvalue weighted by atomic mass is 10.2. The molecule has 0 amide bonds. The molecule has 1 aliphatic heterocycles. The molecule has 3 rings (SSSR count). The maximum absolute atomic E-state index is 12.8. The van der Waals surface area contributed by atoms with Crippen LogP contribution in [0.1, 0.15) is 5.56 Å². The summed E-state index contributed by atoms with van der Waals surface area (Å²) in [7, 11) is -3.74. The van der Waals surface area contributed by atoms with Gasteiger partial charge in [-0.1, -0.05) is 12.1 Å². The van der Waals surface area contributed by atoms with E-state index in [2.05, 4.69) is 5.10 Å². The number of sulfonamides is 1. The van der Waals surface area contributed by atoms with Crippen LogP contribution in [0.15, 0.2) is 41.6 Å². The van der Waals surface area contributed by atoms with Crippen molar-refractivity contribution in [2.75, 3.05) is 26.2 Å². The van der Waals surface area contributed by atoms with Gasteiger partial charge in [-0.15, -0.1) is 0 Å². The van der Waals surface area contributed by atoms with Crippen LogP contribution in [0, 0.1) is 21.4 Å². The molecule has 2 heterocycles. The van der Waals surface area contributed by atoms with Gasteiger partial charge in [0.1, 0.15) is 18.5 Å². The average Bonchev–Trinajstić information content (AvgIpc) is 3.11. The first-order valence-electron chi connectivity index (χ1n) is 7.80. The van der Waals surface area contributed by atoms with Gasteiger partial charge in [0.15, 0.2) is 0 Å². The molecular weight excluding hydrogens is 360 g/mol. The quantitative estimate of drug-likeness (QED) is 0.553. The number of nitriles is 1. The fraction of sp³-hybridized carbons (Fsp3) is 0.333. The van der Waals surface area contributed by atoms with Crippen LogP contribution in [-0.4, -0.2) is 58.5 Å². The molecule has 0 aliphatic carbocycles. The van der Waals surface area contributed by atoms with E-state index in [1.165, 1.54) is 33.5 Å². The summed E-state index contributed by atoms with van der Waals surface area (Å²) in [5, 5.41) is 23.8. The summed E-state index contributed by atoms with van der Waals surface area (Å²) in [5.41, 5.74) is 0.0399. The van der Waals surface area contributed by atoms with Crippen molar-refractivity contribution in [3.8, 4) is 6.07 Å². The molecule has 10 nitrogen and oxygen atoms in total. The first-order valence-corrected chi connectivity index (χ1v) is 9.24. The topological polar surface area (TPSA) is 125 Å². The third-order valence-electron chi connectivity index (χ3n) is 4.13. The summed E-state index contributed by atoms with van der Waals surface area (Å²) in [6.45, 7) is 1.80. The summed E-state index contributed by atoms with van der Waals surface area (Å²) in [6, 6.07) is 8.04. The average molecular weight is 376 g/mol. The molecule has 26 heavy (non-hydrogen) atoms. The molecule has 0 atom stereocenters. The molecule has 0 saturated carbocycles. The zero-order chi connectivity index (χ0) is 18.7. The maximum Gasteiger partial charge on any atom is 0.307 e. The molecule has 0 unspecified atom stereocenters. The largest absolute Gasteiger partial charge is 0.307 e. The zero-order valence-electron chi connectivity index (χ0n) is 13.7.